The van der Waals surface area contributed by atoms with Crippen molar-refractivity contribution in [2.75, 3.05) is 11.9 Å². The Morgan fingerprint density at radius 2 is 1.88 bits per heavy atom. The molecule has 2 amide bonds. The van der Waals surface area contributed by atoms with Crippen LogP contribution in [0.3, 0.4) is 0 Å². The number of rotatable bonds is 6. The molecule has 172 valence electrons. The van der Waals surface area contributed by atoms with Crippen molar-refractivity contribution >= 4 is 40.1 Å². The molecule has 0 saturated heterocycles. The third-order valence-corrected chi connectivity index (χ3v) is 5.51. The van der Waals surface area contributed by atoms with E-state index >= 15 is 0 Å². The molecule has 9 nitrogen and oxygen atoms in total. The molecule has 10 heteroatoms. The SMILES string of the molecule is Cc1ncc2cc(C(=O)Nc3cc(C(=O)NC(CN)c4ccccc4)ccc3Cl)c(=O)[nH]c2n1. The van der Waals surface area contributed by atoms with Crippen LogP contribution in [0.1, 0.15) is 38.1 Å². The highest BCUT2D eigenvalue weighted by Crippen LogP contribution is 2.24. The molecule has 4 aromatic rings. The van der Waals surface area contributed by atoms with Crippen molar-refractivity contribution in [2.45, 2.75) is 13.0 Å². The van der Waals surface area contributed by atoms with Crippen molar-refractivity contribution in [1.82, 2.24) is 20.3 Å². The number of hydrogen-bond donors (Lipinski definition) is 4. The van der Waals surface area contributed by atoms with E-state index in [0.29, 0.717) is 16.9 Å². The number of aromatic amines is 1. The van der Waals surface area contributed by atoms with E-state index < -0.39 is 11.5 Å². The molecule has 5 N–H and O–H groups in total. The highest BCUT2D eigenvalue weighted by Gasteiger charge is 2.18. The molecule has 0 bridgehead atoms. The Labute approximate surface area is 199 Å². The highest BCUT2D eigenvalue weighted by atomic mass is 35.5. The molecule has 0 fully saturated rings. The number of anilines is 1. The molecule has 1 unspecified atom stereocenters. The minimum atomic E-state index is -0.688. The Hall–Kier alpha value is -4.08. The Balaban J connectivity index is 1.56. The van der Waals surface area contributed by atoms with Crippen LogP contribution >= 0.6 is 11.6 Å². The summed E-state index contributed by atoms with van der Waals surface area (Å²) in [6.45, 7) is 1.90. The molecule has 4 rings (SSSR count). The van der Waals surface area contributed by atoms with E-state index in [-0.39, 0.29) is 40.3 Å². The third-order valence-electron chi connectivity index (χ3n) is 5.18. The minimum absolute atomic E-state index is 0.141. The summed E-state index contributed by atoms with van der Waals surface area (Å²) in [5.41, 5.74) is 6.75. The van der Waals surface area contributed by atoms with Crippen molar-refractivity contribution in [3.8, 4) is 0 Å². The van der Waals surface area contributed by atoms with Gasteiger partial charge in [0.15, 0.2) is 0 Å². The lowest BCUT2D eigenvalue weighted by atomic mass is 10.1. The van der Waals surface area contributed by atoms with Gasteiger partial charge in [-0.15, -0.1) is 0 Å². The zero-order chi connectivity index (χ0) is 24.2. The van der Waals surface area contributed by atoms with Gasteiger partial charge in [-0.05, 0) is 36.8 Å². The number of pyridine rings is 1. The largest absolute Gasteiger partial charge is 0.344 e. The summed E-state index contributed by atoms with van der Waals surface area (Å²) < 4.78 is 0. The van der Waals surface area contributed by atoms with Crippen molar-refractivity contribution in [3.63, 3.8) is 0 Å². The predicted molar refractivity (Wildman–Crippen MR) is 130 cm³/mol. The number of nitrogens with two attached hydrogens (primary N) is 1. The first-order valence-electron chi connectivity index (χ1n) is 10.4. The van der Waals surface area contributed by atoms with Gasteiger partial charge in [0.1, 0.15) is 17.0 Å². The average Bonchev–Trinajstić information content (AvgIpc) is 2.83. The topological polar surface area (TPSA) is 143 Å². The first-order valence-corrected chi connectivity index (χ1v) is 10.8. The maximum absolute atomic E-state index is 12.8. The number of hydrogen-bond acceptors (Lipinski definition) is 6. The van der Waals surface area contributed by atoms with E-state index in [1.54, 1.807) is 6.92 Å². The van der Waals surface area contributed by atoms with Gasteiger partial charge in [-0.25, -0.2) is 9.97 Å². The van der Waals surface area contributed by atoms with Gasteiger partial charge in [-0.2, -0.15) is 0 Å². The summed E-state index contributed by atoms with van der Waals surface area (Å²) >= 11 is 6.24. The molecular formula is C24H21ClN6O3. The molecule has 0 aliphatic carbocycles. The van der Waals surface area contributed by atoms with E-state index in [1.165, 1.54) is 30.5 Å². The Bertz CT molecular complexity index is 1440. The van der Waals surface area contributed by atoms with E-state index in [9.17, 15) is 14.4 Å². The van der Waals surface area contributed by atoms with E-state index in [2.05, 4.69) is 25.6 Å². The van der Waals surface area contributed by atoms with Gasteiger partial charge in [0.2, 0.25) is 0 Å². The van der Waals surface area contributed by atoms with Crippen LogP contribution < -0.4 is 21.9 Å². The summed E-state index contributed by atoms with van der Waals surface area (Å²) in [6, 6.07) is 14.8. The molecule has 2 aromatic carbocycles. The van der Waals surface area contributed by atoms with Crippen molar-refractivity contribution < 1.29 is 9.59 Å². The van der Waals surface area contributed by atoms with E-state index in [4.69, 9.17) is 17.3 Å². The number of halogens is 1. The zero-order valence-electron chi connectivity index (χ0n) is 18.1. The second-order valence-corrected chi connectivity index (χ2v) is 7.96. The predicted octanol–water partition coefficient (Wildman–Crippen LogP) is 2.96. The molecule has 0 spiro atoms. The van der Waals surface area contributed by atoms with Crippen LogP contribution in [0.5, 0.6) is 0 Å². The lowest BCUT2D eigenvalue weighted by Gasteiger charge is -2.18. The molecule has 2 heterocycles. The fourth-order valence-corrected chi connectivity index (χ4v) is 3.57. The van der Waals surface area contributed by atoms with Crippen LogP contribution in [0.25, 0.3) is 11.0 Å². The van der Waals surface area contributed by atoms with Crippen LogP contribution in [0.15, 0.2) is 65.6 Å². The first kappa shape index (κ1) is 23.1. The number of H-pyrrole nitrogens is 1. The maximum atomic E-state index is 12.8. The maximum Gasteiger partial charge on any atom is 0.262 e. The van der Waals surface area contributed by atoms with Gasteiger partial charge in [-0.1, -0.05) is 41.9 Å². The molecule has 0 radical (unpaired) electrons. The molecule has 34 heavy (non-hydrogen) atoms. The fraction of sp³-hybridized carbons (Fsp3) is 0.125. The summed E-state index contributed by atoms with van der Waals surface area (Å²) in [4.78, 5) is 48.9. The highest BCUT2D eigenvalue weighted by molar-refractivity contribution is 6.34. The summed E-state index contributed by atoms with van der Waals surface area (Å²) in [6.07, 6.45) is 1.52. The number of amides is 2. The van der Waals surface area contributed by atoms with Gasteiger partial charge in [0.25, 0.3) is 17.4 Å². The van der Waals surface area contributed by atoms with Gasteiger partial charge in [-0.3, -0.25) is 14.4 Å². The van der Waals surface area contributed by atoms with Gasteiger partial charge < -0.3 is 21.4 Å². The van der Waals surface area contributed by atoms with Crippen molar-refractivity contribution in [3.05, 3.63) is 98.7 Å². The Morgan fingerprint density at radius 3 is 2.62 bits per heavy atom. The number of carbonyl (C=O) groups excluding carboxylic acids is 2. The molecule has 1 atom stereocenters. The van der Waals surface area contributed by atoms with E-state index in [1.807, 2.05) is 30.3 Å². The van der Waals surface area contributed by atoms with E-state index in [0.717, 1.165) is 5.56 Å². The fourth-order valence-electron chi connectivity index (χ4n) is 3.41. The number of carbonyl (C=O) groups is 2. The molecule has 0 saturated carbocycles. The smallest absolute Gasteiger partial charge is 0.262 e. The second-order valence-electron chi connectivity index (χ2n) is 7.55. The summed E-state index contributed by atoms with van der Waals surface area (Å²) in [7, 11) is 0. The van der Waals surface area contributed by atoms with Gasteiger partial charge in [0, 0.05) is 23.7 Å². The Morgan fingerprint density at radius 1 is 1.12 bits per heavy atom. The standard InChI is InChI=1S/C24H21ClN6O3/c1-13-27-12-16-9-17(24(34)31-21(16)28-13)23(33)29-19-10-15(7-8-18(19)25)22(32)30-20(11-26)14-5-3-2-4-6-14/h2-10,12,20H,11,26H2,1H3,(H,29,33)(H,30,32)(H,27,28,31,34). The number of aromatic nitrogens is 3. The molecule has 0 aliphatic heterocycles. The summed E-state index contributed by atoms with van der Waals surface area (Å²) in [5, 5.41) is 6.19. The number of nitrogens with one attached hydrogen (secondary N) is 3. The molecular weight excluding hydrogens is 456 g/mol. The molecule has 2 aromatic heterocycles. The number of aryl methyl sites for hydroxylation is 1. The first-order chi connectivity index (χ1) is 16.4. The average molecular weight is 477 g/mol. The van der Waals surface area contributed by atoms with Crippen molar-refractivity contribution in [1.29, 1.82) is 0 Å². The van der Waals surface area contributed by atoms with Crippen LogP contribution in [0.2, 0.25) is 5.02 Å². The van der Waals surface area contributed by atoms with Gasteiger partial charge in [0.05, 0.1) is 16.8 Å². The number of nitrogens with zero attached hydrogens (tertiary/aromatic N) is 2. The second kappa shape index (κ2) is 9.82. The number of fused-ring (bicyclic) bond motifs is 1. The normalized spacial score (nSPS) is 11.7. The summed E-state index contributed by atoms with van der Waals surface area (Å²) in [5.74, 6) is -0.582. The third kappa shape index (κ3) is 4.95. The van der Waals surface area contributed by atoms with Crippen LogP contribution in [0, 0.1) is 6.92 Å². The lowest BCUT2D eigenvalue weighted by Crippen LogP contribution is -2.33. The quantitative estimate of drug-likeness (QED) is 0.337. The van der Waals surface area contributed by atoms with Crippen LogP contribution in [-0.2, 0) is 0 Å². The number of benzene rings is 2. The van der Waals surface area contributed by atoms with Crippen LogP contribution in [0.4, 0.5) is 5.69 Å². The van der Waals surface area contributed by atoms with Crippen LogP contribution in [-0.4, -0.2) is 33.3 Å². The van der Waals surface area contributed by atoms with Crippen molar-refractivity contribution in [2.24, 2.45) is 5.73 Å². The Kier molecular flexibility index (Phi) is 6.67. The van der Waals surface area contributed by atoms with Gasteiger partial charge >= 0.3 is 0 Å². The lowest BCUT2D eigenvalue weighted by molar-refractivity contribution is 0.0936. The minimum Gasteiger partial charge on any atom is -0.344 e. The zero-order valence-corrected chi connectivity index (χ0v) is 18.9. The molecule has 0 aliphatic rings. The monoisotopic (exact) mass is 476 g/mol.